The lowest BCUT2D eigenvalue weighted by atomic mass is 10.2. The average molecular weight is 423 g/mol. The van der Waals surface area contributed by atoms with E-state index in [4.69, 9.17) is 10.5 Å². The van der Waals surface area contributed by atoms with Crippen LogP contribution in [0.3, 0.4) is 0 Å². The van der Waals surface area contributed by atoms with Gasteiger partial charge in [-0.15, -0.1) is 11.3 Å². The van der Waals surface area contributed by atoms with Crippen LogP contribution in [0.1, 0.15) is 5.82 Å². The van der Waals surface area contributed by atoms with Crippen molar-refractivity contribution in [1.82, 2.24) is 19.9 Å². The van der Waals surface area contributed by atoms with Crippen LogP contribution in [-0.4, -0.2) is 27.0 Å². The summed E-state index contributed by atoms with van der Waals surface area (Å²) in [5, 5.41) is 5.19. The number of para-hydroxylation sites is 2. The number of aromatic nitrogens is 4. The smallest absolute Gasteiger partial charge is 0.232 e. The lowest BCUT2D eigenvalue weighted by Gasteiger charge is -2.10. The van der Waals surface area contributed by atoms with Crippen LogP contribution in [0.2, 0.25) is 0 Å². The van der Waals surface area contributed by atoms with Crippen molar-refractivity contribution in [1.29, 1.82) is 0 Å². The molecule has 0 fully saturated rings. The van der Waals surface area contributed by atoms with Gasteiger partial charge in [0.2, 0.25) is 11.9 Å². The first kappa shape index (κ1) is 19.2. The quantitative estimate of drug-likeness (QED) is 0.416. The van der Waals surface area contributed by atoms with Crippen LogP contribution in [0.25, 0.3) is 11.3 Å². The highest BCUT2D eigenvalue weighted by Gasteiger charge is 2.10. The average Bonchev–Trinajstić information content (AvgIpc) is 3.22. The van der Waals surface area contributed by atoms with E-state index in [2.05, 4.69) is 25.3 Å². The molecule has 7 nitrogen and oxygen atoms in total. The molecule has 0 amide bonds. The fraction of sp³-hybridized carbons (Fsp3) is 0.100. The number of hydrogen-bond donors (Lipinski definition) is 2. The Labute approximate surface area is 176 Å². The number of rotatable bonds is 7. The Hall–Kier alpha value is -3.17. The number of nitrogens with one attached hydrogen (secondary N) is 1. The lowest BCUT2D eigenvalue weighted by molar-refractivity contribution is 0.417. The maximum Gasteiger partial charge on any atom is 0.232 e. The highest BCUT2D eigenvalue weighted by Crippen LogP contribution is 2.30. The van der Waals surface area contributed by atoms with Crippen molar-refractivity contribution in [3.05, 3.63) is 65.8 Å². The van der Waals surface area contributed by atoms with E-state index in [9.17, 15) is 0 Å². The van der Waals surface area contributed by atoms with E-state index in [1.165, 1.54) is 0 Å². The number of nitrogen functional groups attached to an aromatic ring is 1. The van der Waals surface area contributed by atoms with E-state index >= 15 is 0 Å². The molecule has 0 spiro atoms. The predicted molar refractivity (Wildman–Crippen MR) is 118 cm³/mol. The van der Waals surface area contributed by atoms with E-state index in [0.29, 0.717) is 23.3 Å². The fourth-order valence-corrected chi connectivity index (χ4v) is 4.31. The molecule has 0 radical (unpaired) electrons. The molecular formula is C20H18N6OS2. The first-order valence-electron chi connectivity index (χ1n) is 8.75. The summed E-state index contributed by atoms with van der Waals surface area (Å²) in [4.78, 5) is 17.6. The van der Waals surface area contributed by atoms with Gasteiger partial charge in [-0.25, -0.2) is 4.98 Å². The molecule has 2 aromatic carbocycles. The van der Waals surface area contributed by atoms with Crippen LogP contribution in [0.15, 0.2) is 64.3 Å². The minimum Gasteiger partial charge on any atom is -0.495 e. The number of nitrogens with zero attached hydrogens (tertiary/aromatic N) is 4. The summed E-state index contributed by atoms with van der Waals surface area (Å²) in [5.41, 5.74) is 8.70. The number of benzene rings is 2. The summed E-state index contributed by atoms with van der Waals surface area (Å²) in [6.45, 7) is 0. The second-order valence-corrected chi connectivity index (χ2v) is 7.99. The SMILES string of the molecule is COc1ccccc1Nc1nc(N)nc(CSc2nc(-c3ccccc3)cs2)n1. The van der Waals surface area contributed by atoms with Gasteiger partial charge in [-0.05, 0) is 12.1 Å². The highest BCUT2D eigenvalue weighted by atomic mass is 32.2. The van der Waals surface area contributed by atoms with Crippen molar-refractivity contribution < 1.29 is 4.74 Å². The van der Waals surface area contributed by atoms with Gasteiger partial charge >= 0.3 is 0 Å². The Morgan fingerprint density at radius 2 is 1.79 bits per heavy atom. The maximum absolute atomic E-state index is 5.88. The number of thioether (sulfide) groups is 1. The number of hydrogen-bond acceptors (Lipinski definition) is 9. The molecule has 4 rings (SSSR count). The molecule has 3 N–H and O–H groups in total. The van der Waals surface area contributed by atoms with Crippen LogP contribution in [-0.2, 0) is 5.75 Å². The minimum absolute atomic E-state index is 0.164. The summed E-state index contributed by atoms with van der Waals surface area (Å²) < 4.78 is 6.29. The Kier molecular flexibility index (Phi) is 5.87. The summed E-state index contributed by atoms with van der Waals surface area (Å²) in [7, 11) is 1.61. The third-order valence-corrected chi connectivity index (χ3v) is 5.95. The first-order valence-corrected chi connectivity index (χ1v) is 10.6. The molecule has 146 valence electrons. The van der Waals surface area contributed by atoms with E-state index in [-0.39, 0.29) is 5.95 Å². The van der Waals surface area contributed by atoms with Crippen molar-refractivity contribution in [2.24, 2.45) is 0 Å². The summed E-state index contributed by atoms with van der Waals surface area (Å²) in [5.74, 6) is 2.35. The van der Waals surface area contributed by atoms with Crippen molar-refractivity contribution in [3.8, 4) is 17.0 Å². The first-order chi connectivity index (χ1) is 14.2. The molecule has 0 aliphatic carbocycles. The molecule has 0 aliphatic rings. The third kappa shape index (κ3) is 4.82. The zero-order valence-electron chi connectivity index (χ0n) is 15.6. The summed E-state index contributed by atoms with van der Waals surface area (Å²) in [6.07, 6.45) is 0. The number of ether oxygens (including phenoxy) is 1. The Balaban J connectivity index is 1.46. The van der Waals surface area contributed by atoms with Crippen molar-refractivity contribution in [2.45, 2.75) is 10.1 Å². The fourth-order valence-electron chi connectivity index (χ4n) is 2.62. The van der Waals surface area contributed by atoms with E-state index in [1.807, 2.05) is 60.0 Å². The molecule has 0 aliphatic heterocycles. The second kappa shape index (κ2) is 8.89. The van der Waals surface area contributed by atoms with Gasteiger partial charge in [0.1, 0.15) is 11.6 Å². The van der Waals surface area contributed by atoms with Gasteiger partial charge in [0, 0.05) is 10.9 Å². The minimum atomic E-state index is 0.164. The number of anilines is 3. The zero-order chi connectivity index (χ0) is 20.1. The van der Waals surface area contributed by atoms with Crippen LogP contribution < -0.4 is 15.8 Å². The highest BCUT2D eigenvalue weighted by molar-refractivity contribution is 8.00. The van der Waals surface area contributed by atoms with Crippen molar-refractivity contribution in [3.63, 3.8) is 0 Å². The number of nitrogens with two attached hydrogens (primary N) is 1. The summed E-state index contributed by atoms with van der Waals surface area (Å²) >= 11 is 3.16. The van der Waals surface area contributed by atoms with Gasteiger partial charge in [-0.2, -0.15) is 15.0 Å². The molecule has 29 heavy (non-hydrogen) atoms. The molecule has 0 saturated heterocycles. The zero-order valence-corrected chi connectivity index (χ0v) is 17.2. The maximum atomic E-state index is 5.88. The molecule has 0 atom stereocenters. The lowest BCUT2D eigenvalue weighted by Crippen LogP contribution is -2.07. The van der Waals surface area contributed by atoms with Gasteiger partial charge < -0.3 is 15.8 Å². The Morgan fingerprint density at radius 1 is 1.00 bits per heavy atom. The predicted octanol–water partition coefficient (Wildman–Crippen LogP) is 4.62. The largest absolute Gasteiger partial charge is 0.495 e. The molecule has 4 aromatic rings. The molecule has 0 saturated carbocycles. The Bertz CT molecular complexity index is 1100. The van der Waals surface area contributed by atoms with Crippen LogP contribution in [0.4, 0.5) is 17.6 Å². The second-order valence-electron chi connectivity index (χ2n) is 5.91. The summed E-state index contributed by atoms with van der Waals surface area (Å²) in [6, 6.07) is 17.6. The van der Waals surface area contributed by atoms with Gasteiger partial charge in [0.15, 0.2) is 4.34 Å². The monoisotopic (exact) mass is 422 g/mol. The molecule has 9 heteroatoms. The topological polar surface area (TPSA) is 98.8 Å². The van der Waals surface area contributed by atoms with Crippen LogP contribution in [0, 0.1) is 0 Å². The van der Waals surface area contributed by atoms with Gasteiger partial charge in [0.25, 0.3) is 0 Å². The standard InChI is InChI=1S/C20H18N6OS2/c1-27-16-10-6-5-9-14(16)22-19-25-17(24-18(21)26-19)12-29-20-23-15(11-28-20)13-7-3-2-4-8-13/h2-11H,12H2,1H3,(H3,21,22,24,25,26). The molecule has 0 unspecified atom stereocenters. The van der Waals surface area contributed by atoms with Crippen molar-refractivity contribution >= 4 is 40.7 Å². The molecule has 2 heterocycles. The molecular weight excluding hydrogens is 404 g/mol. The van der Waals surface area contributed by atoms with Crippen LogP contribution >= 0.6 is 23.1 Å². The van der Waals surface area contributed by atoms with Gasteiger partial charge in [-0.1, -0.05) is 54.2 Å². The number of thiazole rings is 1. The molecule has 0 bridgehead atoms. The Morgan fingerprint density at radius 3 is 2.62 bits per heavy atom. The van der Waals surface area contributed by atoms with Crippen molar-refractivity contribution in [2.75, 3.05) is 18.2 Å². The van der Waals surface area contributed by atoms with Gasteiger partial charge in [0.05, 0.1) is 24.2 Å². The number of methoxy groups -OCH3 is 1. The normalized spacial score (nSPS) is 10.7. The van der Waals surface area contributed by atoms with Crippen LogP contribution in [0.5, 0.6) is 5.75 Å². The van der Waals surface area contributed by atoms with E-state index in [0.717, 1.165) is 21.3 Å². The molecule has 2 aromatic heterocycles. The van der Waals surface area contributed by atoms with E-state index in [1.54, 1.807) is 30.2 Å². The van der Waals surface area contributed by atoms with E-state index < -0.39 is 0 Å². The third-order valence-electron chi connectivity index (χ3n) is 3.93. The van der Waals surface area contributed by atoms with Gasteiger partial charge in [-0.3, -0.25) is 0 Å².